The van der Waals surface area contributed by atoms with Gasteiger partial charge in [-0.3, -0.25) is 0 Å². The molecule has 1 atom stereocenters. The first-order chi connectivity index (χ1) is 12.0. The monoisotopic (exact) mass is 362 g/mol. The van der Waals surface area contributed by atoms with E-state index in [1.807, 2.05) is 28.8 Å². The number of piperazine rings is 1. The van der Waals surface area contributed by atoms with Gasteiger partial charge in [0.25, 0.3) is 0 Å². The lowest BCUT2D eigenvalue weighted by molar-refractivity contribution is 0.0922. The maximum Gasteiger partial charge on any atom is 0.322 e. The number of anilines is 2. The third-order valence-corrected chi connectivity index (χ3v) is 6.09. The molecule has 5 nitrogen and oxygen atoms in total. The van der Waals surface area contributed by atoms with Gasteiger partial charge in [0.1, 0.15) is 0 Å². The summed E-state index contributed by atoms with van der Waals surface area (Å²) in [6, 6.07) is 8.58. The van der Waals surface area contributed by atoms with E-state index in [-0.39, 0.29) is 12.1 Å². The maximum absolute atomic E-state index is 12.8. The van der Waals surface area contributed by atoms with Crippen LogP contribution in [0.4, 0.5) is 16.2 Å². The molecule has 2 heterocycles. The van der Waals surface area contributed by atoms with Crippen LogP contribution in [0.1, 0.15) is 13.8 Å². The van der Waals surface area contributed by atoms with Crippen molar-refractivity contribution >= 4 is 29.2 Å². The molecule has 1 aromatic carbocycles. The highest BCUT2D eigenvalue weighted by Crippen LogP contribution is 2.23. The molecule has 2 saturated heterocycles. The molecule has 6 heteroatoms. The van der Waals surface area contributed by atoms with E-state index in [1.54, 1.807) is 0 Å². The normalized spacial score (nSPS) is 22.3. The molecule has 0 spiro atoms. The summed E-state index contributed by atoms with van der Waals surface area (Å²) in [6.45, 7) is 9.25. The summed E-state index contributed by atoms with van der Waals surface area (Å²) in [4.78, 5) is 19.5. The minimum absolute atomic E-state index is 0.0222. The molecule has 0 saturated carbocycles. The number of hydrogen-bond acceptors (Lipinski definition) is 4. The van der Waals surface area contributed by atoms with Gasteiger partial charge in [-0.2, -0.15) is 11.8 Å². The number of thioether (sulfide) groups is 1. The summed E-state index contributed by atoms with van der Waals surface area (Å²) in [7, 11) is 2.13. The van der Waals surface area contributed by atoms with Crippen molar-refractivity contribution in [3.05, 3.63) is 24.3 Å². The lowest BCUT2D eigenvalue weighted by Crippen LogP contribution is -2.57. The molecule has 2 aliphatic heterocycles. The van der Waals surface area contributed by atoms with Gasteiger partial charge in [-0.1, -0.05) is 13.8 Å². The standard InChI is InChI=1S/C19H30N4OS/c1-15(2)18-14-21(3)8-9-23(18)19(24)20-16-4-6-17(7-5-16)22-10-12-25-13-11-22/h4-7,15,18H,8-14H2,1-3H3,(H,20,24)/t18-/m0/s1. The molecule has 1 N–H and O–H groups in total. The Morgan fingerprint density at radius 3 is 2.44 bits per heavy atom. The third kappa shape index (κ3) is 4.61. The van der Waals surface area contributed by atoms with Crippen LogP contribution in [0.2, 0.25) is 0 Å². The topological polar surface area (TPSA) is 38.8 Å². The van der Waals surface area contributed by atoms with Crippen molar-refractivity contribution in [2.75, 3.05) is 61.5 Å². The SMILES string of the molecule is CC(C)[C@@H]1CN(C)CCN1C(=O)Nc1ccc(N2CCSCC2)cc1. The molecule has 0 unspecified atom stereocenters. The third-order valence-electron chi connectivity index (χ3n) is 5.15. The second-order valence-corrected chi connectivity index (χ2v) is 8.57. The zero-order chi connectivity index (χ0) is 17.8. The minimum atomic E-state index is 0.0222. The first-order valence-electron chi connectivity index (χ1n) is 9.23. The number of nitrogens with zero attached hydrogens (tertiary/aromatic N) is 3. The van der Waals surface area contributed by atoms with Gasteiger partial charge in [0.2, 0.25) is 0 Å². The van der Waals surface area contributed by atoms with Crippen molar-refractivity contribution in [3.63, 3.8) is 0 Å². The quantitative estimate of drug-likeness (QED) is 0.897. The van der Waals surface area contributed by atoms with E-state index in [0.717, 1.165) is 38.4 Å². The van der Waals surface area contributed by atoms with Gasteiger partial charge in [0, 0.05) is 61.6 Å². The van der Waals surface area contributed by atoms with Crippen LogP contribution in [-0.4, -0.2) is 73.1 Å². The predicted octanol–water partition coefficient (Wildman–Crippen LogP) is 3.04. The first kappa shape index (κ1) is 18.4. The second kappa shape index (κ2) is 8.32. The van der Waals surface area contributed by atoms with Gasteiger partial charge >= 0.3 is 6.03 Å². The zero-order valence-electron chi connectivity index (χ0n) is 15.6. The number of nitrogens with one attached hydrogen (secondary N) is 1. The molecular formula is C19H30N4OS. The fourth-order valence-electron chi connectivity index (χ4n) is 3.55. The van der Waals surface area contributed by atoms with E-state index in [0.29, 0.717) is 5.92 Å². The Bertz CT molecular complexity index is 571. The van der Waals surface area contributed by atoms with Gasteiger partial charge in [0.05, 0.1) is 0 Å². The summed E-state index contributed by atoms with van der Waals surface area (Å²) in [5.41, 5.74) is 2.12. The number of carbonyl (C=O) groups excluding carboxylic acids is 1. The predicted molar refractivity (Wildman–Crippen MR) is 108 cm³/mol. The second-order valence-electron chi connectivity index (χ2n) is 7.34. The fourth-order valence-corrected chi connectivity index (χ4v) is 4.45. The van der Waals surface area contributed by atoms with Gasteiger partial charge in [-0.05, 0) is 37.2 Å². The van der Waals surface area contributed by atoms with Crippen LogP contribution < -0.4 is 10.2 Å². The minimum Gasteiger partial charge on any atom is -0.370 e. The van der Waals surface area contributed by atoms with Gasteiger partial charge in [-0.25, -0.2) is 4.79 Å². The van der Waals surface area contributed by atoms with E-state index < -0.39 is 0 Å². The average molecular weight is 363 g/mol. The van der Waals surface area contributed by atoms with Crippen molar-refractivity contribution in [3.8, 4) is 0 Å². The van der Waals surface area contributed by atoms with Crippen molar-refractivity contribution in [1.82, 2.24) is 9.80 Å². The fraction of sp³-hybridized carbons (Fsp3) is 0.632. The Labute approximate surface area is 155 Å². The van der Waals surface area contributed by atoms with E-state index in [4.69, 9.17) is 0 Å². The molecule has 0 bridgehead atoms. The molecular weight excluding hydrogens is 332 g/mol. The van der Waals surface area contributed by atoms with Crippen LogP contribution in [0.25, 0.3) is 0 Å². The van der Waals surface area contributed by atoms with Crippen molar-refractivity contribution < 1.29 is 4.79 Å². The highest BCUT2D eigenvalue weighted by atomic mass is 32.2. The molecule has 138 valence electrons. The molecule has 0 radical (unpaired) electrons. The van der Waals surface area contributed by atoms with Crippen LogP contribution in [0.5, 0.6) is 0 Å². The van der Waals surface area contributed by atoms with E-state index >= 15 is 0 Å². The van der Waals surface area contributed by atoms with E-state index in [9.17, 15) is 4.79 Å². The van der Waals surface area contributed by atoms with Gasteiger partial charge in [-0.15, -0.1) is 0 Å². The Balaban J connectivity index is 1.62. The van der Waals surface area contributed by atoms with E-state index in [2.05, 4.69) is 48.1 Å². The Morgan fingerprint density at radius 2 is 1.80 bits per heavy atom. The lowest BCUT2D eigenvalue weighted by Gasteiger charge is -2.42. The van der Waals surface area contributed by atoms with Gasteiger partial charge in [0.15, 0.2) is 0 Å². The summed E-state index contributed by atoms with van der Waals surface area (Å²) in [5.74, 6) is 2.84. The highest BCUT2D eigenvalue weighted by Gasteiger charge is 2.31. The summed E-state index contributed by atoms with van der Waals surface area (Å²) in [5, 5.41) is 3.09. The Hall–Kier alpha value is -1.40. The summed E-state index contributed by atoms with van der Waals surface area (Å²) in [6.07, 6.45) is 0. The molecule has 2 fully saturated rings. The molecule has 1 aromatic rings. The van der Waals surface area contributed by atoms with Gasteiger partial charge < -0.3 is 20.0 Å². The summed E-state index contributed by atoms with van der Waals surface area (Å²) < 4.78 is 0. The van der Waals surface area contributed by atoms with Crippen LogP contribution in [0.15, 0.2) is 24.3 Å². The molecule has 0 aromatic heterocycles. The number of benzene rings is 1. The van der Waals surface area contributed by atoms with Crippen LogP contribution in [-0.2, 0) is 0 Å². The first-order valence-corrected chi connectivity index (χ1v) is 10.4. The largest absolute Gasteiger partial charge is 0.370 e. The zero-order valence-corrected chi connectivity index (χ0v) is 16.4. The number of urea groups is 1. The Kier molecular flexibility index (Phi) is 6.12. The molecule has 3 rings (SSSR count). The van der Waals surface area contributed by atoms with E-state index in [1.165, 1.54) is 17.2 Å². The summed E-state index contributed by atoms with van der Waals surface area (Å²) >= 11 is 2.02. The van der Waals surface area contributed by atoms with Crippen molar-refractivity contribution in [2.24, 2.45) is 5.92 Å². The lowest BCUT2D eigenvalue weighted by atomic mass is 10.0. The Morgan fingerprint density at radius 1 is 1.12 bits per heavy atom. The number of carbonyl (C=O) groups is 1. The number of rotatable bonds is 3. The average Bonchev–Trinajstić information content (AvgIpc) is 2.63. The van der Waals surface area contributed by atoms with Crippen LogP contribution in [0, 0.1) is 5.92 Å². The number of likely N-dealkylation sites (N-methyl/N-ethyl adjacent to an activating group) is 1. The van der Waals surface area contributed by atoms with Crippen LogP contribution in [0.3, 0.4) is 0 Å². The smallest absolute Gasteiger partial charge is 0.322 e. The van der Waals surface area contributed by atoms with Crippen molar-refractivity contribution in [1.29, 1.82) is 0 Å². The number of amides is 2. The highest BCUT2D eigenvalue weighted by molar-refractivity contribution is 7.99. The molecule has 2 amide bonds. The molecule has 0 aliphatic carbocycles. The number of hydrogen-bond donors (Lipinski definition) is 1. The molecule has 25 heavy (non-hydrogen) atoms. The molecule has 2 aliphatic rings. The van der Waals surface area contributed by atoms with Crippen LogP contribution >= 0.6 is 11.8 Å². The maximum atomic E-state index is 12.8. The van der Waals surface area contributed by atoms with Crippen molar-refractivity contribution in [2.45, 2.75) is 19.9 Å².